The van der Waals surface area contributed by atoms with Gasteiger partial charge in [0.1, 0.15) is 6.33 Å². The molecule has 0 fully saturated rings. The van der Waals surface area contributed by atoms with E-state index in [0.29, 0.717) is 28.4 Å². The Morgan fingerprint density at radius 3 is 2.38 bits per heavy atom. The first-order valence-electron chi connectivity index (χ1n) is 9.71. The van der Waals surface area contributed by atoms with Crippen molar-refractivity contribution in [1.82, 2.24) is 19.5 Å². The van der Waals surface area contributed by atoms with Crippen molar-refractivity contribution < 1.29 is 22.7 Å². The molecule has 2 aromatic carbocycles. The standard InChI is InChI=1S/C21H17ClF3N7O2/c1-26-17-16-18(28-10-27-17)32(20(31-16)34-2)13-6-3-11(4-7-13)29-19(33)30-12-5-8-15(22)14(9-12)21(23,24)25/h3-10H,1-2H3,(H,26,27,28)(H2,29,30,33). The number of aromatic nitrogens is 4. The maximum atomic E-state index is 13.0. The Kier molecular flexibility index (Phi) is 6.16. The second kappa shape index (κ2) is 9.06. The molecule has 176 valence electrons. The van der Waals surface area contributed by atoms with E-state index in [1.807, 2.05) is 0 Å². The van der Waals surface area contributed by atoms with E-state index in [1.165, 1.54) is 19.5 Å². The first-order valence-corrected chi connectivity index (χ1v) is 10.1. The maximum Gasteiger partial charge on any atom is 0.417 e. The van der Waals surface area contributed by atoms with E-state index in [2.05, 4.69) is 30.9 Å². The van der Waals surface area contributed by atoms with Gasteiger partial charge in [-0.1, -0.05) is 11.6 Å². The van der Waals surface area contributed by atoms with E-state index in [0.717, 1.165) is 12.1 Å². The molecular formula is C21H17ClF3N7O2. The number of carbonyl (C=O) groups excluding carboxylic acids is 1. The van der Waals surface area contributed by atoms with Crippen LogP contribution in [0.3, 0.4) is 0 Å². The van der Waals surface area contributed by atoms with Crippen molar-refractivity contribution in [3.8, 4) is 11.7 Å². The van der Waals surface area contributed by atoms with Crippen LogP contribution in [-0.2, 0) is 6.18 Å². The number of fused-ring (bicyclic) bond motifs is 1. The average molecular weight is 492 g/mol. The minimum Gasteiger partial charge on any atom is -0.468 e. The Morgan fingerprint density at radius 1 is 1.06 bits per heavy atom. The molecule has 13 heteroatoms. The molecule has 2 amide bonds. The summed E-state index contributed by atoms with van der Waals surface area (Å²) in [6.07, 6.45) is -3.24. The maximum absolute atomic E-state index is 13.0. The monoisotopic (exact) mass is 491 g/mol. The number of hydrogen-bond acceptors (Lipinski definition) is 6. The fourth-order valence-corrected chi connectivity index (χ4v) is 3.46. The summed E-state index contributed by atoms with van der Waals surface area (Å²) in [5.74, 6) is 0.535. The lowest BCUT2D eigenvalue weighted by Crippen LogP contribution is -2.20. The normalized spacial score (nSPS) is 11.4. The zero-order chi connectivity index (χ0) is 24.5. The Bertz CT molecular complexity index is 1360. The molecule has 0 bridgehead atoms. The summed E-state index contributed by atoms with van der Waals surface area (Å²) in [5, 5.41) is 7.41. The molecule has 4 aromatic rings. The zero-order valence-corrected chi connectivity index (χ0v) is 18.5. The highest BCUT2D eigenvalue weighted by molar-refractivity contribution is 6.31. The van der Waals surface area contributed by atoms with Gasteiger partial charge in [-0.05, 0) is 42.5 Å². The molecule has 0 aliphatic heterocycles. The Hall–Kier alpha value is -4.06. The molecule has 2 aromatic heterocycles. The van der Waals surface area contributed by atoms with Crippen LogP contribution in [0.4, 0.5) is 35.2 Å². The molecule has 34 heavy (non-hydrogen) atoms. The quantitative estimate of drug-likeness (QED) is 0.355. The predicted octanol–water partition coefficient (Wildman–Crippen LogP) is 5.18. The van der Waals surface area contributed by atoms with Gasteiger partial charge in [0.05, 0.1) is 23.4 Å². The Balaban J connectivity index is 1.54. The van der Waals surface area contributed by atoms with Crippen LogP contribution in [-0.4, -0.2) is 39.7 Å². The Labute approximate surface area is 195 Å². The molecule has 0 unspecified atom stereocenters. The summed E-state index contributed by atoms with van der Waals surface area (Å²) in [6, 6.07) is 9.30. The molecule has 0 saturated carbocycles. The SMILES string of the molecule is CNc1ncnc2c1nc(OC)n2-c1ccc(NC(=O)Nc2ccc(Cl)c(C(F)(F)F)c2)cc1. The summed E-state index contributed by atoms with van der Waals surface area (Å²) in [5.41, 5.74) is 0.991. The van der Waals surface area contributed by atoms with Crippen molar-refractivity contribution in [1.29, 1.82) is 0 Å². The summed E-state index contributed by atoms with van der Waals surface area (Å²) < 4.78 is 46.1. The Morgan fingerprint density at radius 2 is 1.74 bits per heavy atom. The van der Waals surface area contributed by atoms with E-state index < -0.39 is 22.8 Å². The van der Waals surface area contributed by atoms with E-state index >= 15 is 0 Å². The van der Waals surface area contributed by atoms with Gasteiger partial charge in [0.25, 0.3) is 0 Å². The van der Waals surface area contributed by atoms with Crippen LogP contribution in [0.5, 0.6) is 6.01 Å². The highest BCUT2D eigenvalue weighted by Gasteiger charge is 2.33. The van der Waals surface area contributed by atoms with Crippen molar-refractivity contribution in [2.45, 2.75) is 6.18 Å². The first-order chi connectivity index (χ1) is 16.2. The van der Waals surface area contributed by atoms with Crippen molar-refractivity contribution in [2.24, 2.45) is 0 Å². The van der Waals surface area contributed by atoms with Gasteiger partial charge in [-0.15, -0.1) is 0 Å². The minimum atomic E-state index is -4.64. The summed E-state index contributed by atoms with van der Waals surface area (Å²) >= 11 is 5.60. The third-order valence-electron chi connectivity index (χ3n) is 4.75. The van der Waals surface area contributed by atoms with Gasteiger partial charge in [0.2, 0.25) is 0 Å². The van der Waals surface area contributed by atoms with Gasteiger partial charge in [-0.2, -0.15) is 18.2 Å². The van der Waals surface area contributed by atoms with Crippen LogP contribution in [0.25, 0.3) is 16.9 Å². The second-order valence-electron chi connectivity index (χ2n) is 6.90. The van der Waals surface area contributed by atoms with Gasteiger partial charge < -0.3 is 20.7 Å². The summed E-state index contributed by atoms with van der Waals surface area (Å²) in [7, 11) is 3.19. The predicted molar refractivity (Wildman–Crippen MR) is 122 cm³/mol. The van der Waals surface area contributed by atoms with Crippen LogP contribution >= 0.6 is 11.6 Å². The molecule has 9 nitrogen and oxygen atoms in total. The smallest absolute Gasteiger partial charge is 0.417 e. The van der Waals surface area contributed by atoms with E-state index in [9.17, 15) is 18.0 Å². The molecule has 0 aliphatic carbocycles. The fraction of sp³-hybridized carbons (Fsp3) is 0.143. The number of anilines is 3. The molecule has 2 heterocycles. The van der Waals surface area contributed by atoms with Crippen LogP contribution in [0.15, 0.2) is 48.8 Å². The van der Waals surface area contributed by atoms with Crippen molar-refractivity contribution >= 4 is 46.0 Å². The molecule has 0 saturated heterocycles. The molecule has 3 N–H and O–H groups in total. The number of amides is 2. The van der Waals surface area contributed by atoms with Gasteiger partial charge >= 0.3 is 18.2 Å². The minimum absolute atomic E-state index is 0.0551. The van der Waals surface area contributed by atoms with E-state index in [1.54, 1.807) is 35.9 Å². The van der Waals surface area contributed by atoms with Crippen LogP contribution in [0.1, 0.15) is 5.56 Å². The highest BCUT2D eigenvalue weighted by Crippen LogP contribution is 2.36. The van der Waals surface area contributed by atoms with Crippen LogP contribution < -0.4 is 20.7 Å². The first kappa shape index (κ1) is 23.1. The van der Waals surface area contributed by atoms with Gasteiger partial charge in [0.15, 0.2) is 17.0 Å². The lowest BCUT2D eigenvalue weighted by atomic mass is 10.2. The molecule has 0 radical (unpaired) electrons. The fourth-order valence-electron chi connectivity index (χ4n) is 3.23. The number of nitrogens with zero attached hydrogens (tertiary/aromatic N) is 4. The zero-order valence-electron chi connectivity index (χ0n) is 17.7. The molecule has 4 rings (SSSR count). The molecule has 0 atom stereocenters. The number of methoxy groups -OCH3 is 1. The number of benzene rings is 2. The summed E-state index contributed by atoms with van der Waals surface area (Å²) in [4.78, 5) is 25.1. The number of nitrogens with one attached hydrogen (secondary N) is 3. The van der Waals surface area contributed by atoms with Gasteiger partial charge in [0, 0.05) is 18.4 Å². The summed E-state index contributed by atoms with van der Waals surface area (Å²) in [6.45, 7) is 0. The number of rotatable bonds is 5. The molecule has 0 aliphatic rings. The molecular weight excluding hydrogens is 475 g/mol. The number of ether oxygens (including phenoxy) is 1. The van der Waals surface area contributed by atoms with Crippen LogP contribution in [0, 0.1) is 0 Å². The number of alkyl halides is 3. The number of halogens is 4. The lowest BCUT2D eigenvalue weighted by Gasteiger charge is -2.13. The lowest BCUT2D eigenvalue weighted by molar-refractivity contribution is -0.137. The largest absolute Gasteiger partial charge is 0.468 e. The topological polar surface area (TPSA) is 106 Å². The number of imidazole rings is 1. The van der Waals surface area contributed by atoms with Crippen LogP contribution in [0.2, 0.25) is 5.02 Å². The van der Waals surface area contributed by atoms with Crippen molar-refractivity contribution in [3.63, 3.8) is 0 Å². The van der Waals surface area contributed by atoms with E-state index in [-0.39, 0.29) is 11.7 Å². The highest BCUT2D eigenvalue weighted by atomic mass is 35.5. The van der Waals surface area contributed by atoms with Crippen molar-refractivity contribution in [3.05, 3.63) is 59.4 Å². The van der Waals surface area contributed by atoms with Gasteiger partial charge in [-0.3, -0.25) is 0 Å². The van der Waals surface area contributed by atoms with E-state index in [4.69, 9.17) is 16.3 Å². The number of urea groups is 1. The third-order valence-corrected chi connectivity index (χ3v) is 5.08. The molecule has 0 spiro atoms. The van der Waals surface area contributed by atoms with Crippen molar-refractivity contribution in [2.75, 3.05) is 30.1 Å². The van der Waals surface area contributed by atoms with Gasteiger partial charge in [-0.25, -0.2) is 19.3 Å². The number of hydrogen-bond donors (Lipinski definition) is 3. The number of carbonyl (C=O) groups is 1. The third kappa shape index (κ3) is 4.53. The average Bonchev–Trinajstić information content (AvgIpc) is 3.19. The second-order valence-corrected chi connectivity index (χ2v) is 7.30.